The Kier molecular flexibility index (Phi) is 6.20. The van der Waals surface area contributed by atoms with E-state index in [4.69, 9.17) is 10.00 Å². The van der Waals surface area contributed by atoms with Gasteiger partial charge in [0.05, 0.1) is 18.7 Å². The summed E-state index contributed by atoms with van der Waals surface area (Å²) < 4.78 is 5.37. The van der Waals surface area contributed by atoms with Crippen molar-refractivity contribution in [3.63, 3.8) is 0 Å². The van der Waals surface area contributed by atoms with Crippen LogP contribution >= 0.6 is 0 Å². The molecule has 4 rings (SSSR count). The zero-order valence-electron chi connectivity index (χ0n) is 19.3. The van der Waals surface area contributed by atoms with E-state index >= 15 is 0 Å². The van der Waals surface area contributed by atoms with Crippen molar-refractivity contribution in [2.24, 2.45) is 0 Å². The number of carbonyl (C=O) groups excluding carboxylic acids is 2. The normalized spacial score (nSPS) is 14.9. The van der Waals surface area contributed by atoms with Crippen LogP contribution in [0.15, 0.2) is 72.8 Å². The number of hydrogen-bond donors (Lipinski definition) is 2. The van der Waals surface area contributed by atoms with Crippen LogP contribution in [-0.2, 0) is 6.42 Å². The summed E-state index contributed by atoms with van der Waals surface area (Å²) in [5, 5.41) is 15.2. The van der Waals surface area contributed by atoms with Crippen molar-refractivity contribution in [2.75, 3.05) is 12.4 Å². The molecule has 0 unspecified atom stereocenters. The summed E-state index contributed by atoms with van der Waals surface area (Å²) in [5.41, 5.74) is 4.71. The fourth-order valence-electron chi connectivity index (χ4n) is 3.99. The predicted molar refractivity (Wildman–Crippen MR) is 132 cm³/mol. The molecule has 34 heavy (non-hydrogen) atoms. The highest BCUT2D eigenvalue weighted by Gasteiger charge is 2.28. The van der Waals surface area contributed by atoms with Gasteiger partial charge in [-0.1, -0.05) is 6.07 Å². The number of carbonyl (C=O) groups is 2. The summed E-state index contributed by atoms with van der Waals surface area (Å²) in [5.74, 6) is 0.310. The summed E-state index contributed by atoms with van der Waals surface area (Å²) in [6.07, 6.45) is 2.45. The van der Waals surface area contributed by atoms with Crippen LogP contribution < -0.4 is 15.4 Å². The zero-order chi connectivity index (χ0) is 24.3. The standard InChI is InChI=1S/C28H25N3O3/c1-28(2)16-21-10-13-23(34-3)14-24(21)25(31-28)15-26(32)19-8-11-22(12-9-19)30-27(33)20-6-4-18(17-29)5-7-20/h4-15,31H,16H2,1-3H3,(H,30,33). The number of rotatable bonds is 5. The minimum atomic E-state index is -0.287. The second kappa shape index (κ2) is 9.24. The molecule has 3 aromatic carbocycles. The topological polar surface area (TPSA) is 91.2 Å². The van der Waals surface area contributed by atoms with Gasteiger partial charge >= 0.3 is 0 Å². The van der Waals surface area contributed by atoms with Crippen molar-refractivity contribution in [1.29, 1.82) is 5.26 Å². The number of nitriles is 1. The first-order valence-corrected chi connectivity index (χ1v) is 10.9. The van der Waals surface area contributed by atoms with E-state index in [0.717, 1.165) is 29.0 Å². The van der Waals surface area contributed by atoms with Crippen molar-refractivity contribution in [2.45, 2.75) is 25.8 Å². The first-order valence-electron chi connectivity index (χ1n) is 10.9. The van der Waals surface area contributed by atoms with E-state index in [1.807, 2.05) is 24.3 Å². The molecule has 1 heterocycles. The van der Waals surface area contributed by atoms with E-state index < -0.39 is 0 Å². The van der Waals surface area contributed by atoms with E-state index in [2.05, 4.69) is 24.5 Å². The maximum atomic E-state index is 13.0. The number of fused-ring (bicyclic) bond motifs is 1. The monoisotopic (exact) mass is 451 g/mol. The molecule has 0 bridgehead atoms. The third kappa shape index (κ3) is 5.00. The van der Waals surface area contributed by atoms with E-state index in [-0.39, 0.29) is 17.2 Å². The lowest BCUT2D eigenvalue weighted by molar-refractivity contribution is 0.102. The Morgan fingerprint density at radius 1 is 1.03 bits per heavy atom. The van der Waals surface area contributed by atoms with Crippen LogP contribution in [0.25, 0.3) is 5.70 Å². The average Bonchev–Trinajstić information content (AvgIpc) is 2.83. The van der Waals surface area contributed by atoms with Gasteiger partial charge in [0.2, 0.25) is 0 Å². The molecule has 1 amide bonds. The number of ether oxygens (including phenoxy) is 1. The van der Waals surface area contributed by atoms with Gasteiger partial charge in [-0.15, -0.1) is 0 Å². The number of ketones is 1. The van der Waals surface area contributed by atoms with Crippen LogP contribution in [0.5, 0.6) is 5.75 Å². The molecule has 0 saturated heterocycles. The summed E-state index contributed by atoms with van der Waals surface area (Å²) in [4.78, 5) is 25.5. The lowest BCUT2D eigenvalue weighted by Crippen LogP contribution is -2.43. The third-order valence-corrected chi connectivity index (χ3v) is 5.69. The van der Waals surface area contributed by atoms with Crippen LogP contribution in [0.2, 0.25) is 0 Å². The number of nitrogens with one attached hydrogen (secondary N) is 2. The van der Waals surface area contributed by atoms with Crippen LogP contribution in [0.4, 0.5) is 5.69 Å². The van der Waals surface area contributed by atoms with Crippen LogP contribution in [0.3, 0.4) is 0 Å². The van der Waals surface area contributed by atoms with Gasteiger partial charge in [-0.25, -0.2) is 0 Å². The highest BCUT2D eigenvalue weighted by Crippen LogP contribution is 2.32. The van der Waals surface area contributed by atoms with Gasteiger partial charge in [-0.3, -0.25) is 9.59 Å². The van der Waals surface area contributed by atoms with Crippen molar-refractivity contribution in [3.8, 4) is 11.8 Å². The first kappa shape index (κ1) is 22.8. The van der Waals surface area contributed by atoms with Gasteiger partial charge < -0.3 is 15.4 Å². The maximum Gasteiger partial charge on any atom is 0.255 e. The Labute approximate surface area is 198 Å². The number of allylic oxidation sites excluding steroid dienone is 1. The fraction of sp³-hybridized carbons (Fsp3) is 0.179. The third-order valence-electron chi connectivity index (χ3n) is 5.69. The Bertz CT molecular complexity index is 1310. The Morgan fingerprint density at radius 2 is 1.71 bits per heavy atom. The summed E-state index contributed by atoms with van der Waals surface area (Å²) in [6.45, 7) is 4.20. The van der Waals surface area contributed by atoms with Gasteiger partial charge in [-0.2, -0.15) is 5.26 Å². The minimum Gasteiger partial charge on any atom is -0.497 e. The summed E-state index contributed by atoms with van der Waals surface area (Å²) in [6, 6.07) is 21.1. The van der Waals surface area contributed by atoms with Crippen molar-refractivity contribution >= 4 is 23.1 Å². The van der Waals surface area contributed by atoms with E-state index in [9.17, 15) is 9.59 Å². The number of methoxy groups -OCH3 is 1. The lowest BCUT2D eigenvalue weighted by Gasteiger charge is -2.35. The van der Waals surface area contributed by atoms with Gasteiger partial charge in [0.1, 0.15) is 5.75 Å². The van der Waals surface area contributed by atoms with Gasteiger partial charge in [0, 0.05) is 39.7 Å². The van der Waals surface area contributed by atoms with Crippen LogP contribution in [0.1, 0.15) is 51.3 Å². The Morgan fingerprint density at radius 3 is 2.35 bits per heavy atom. The molecule has 170 valence electrons. The largest absolute Gasteiger partial charge is 0.497 e. The summed E-state index contributed by atoms with van der Waals surface area (Å²) in [7, 11) is 1.62. The number of benzene rings is 3. The molecule has 1 aliphatic heterocycles. The van der Waals surface area contributed by atoms with Crippen molar-refractivity contribution in [1.82, 2.24) is 5.32 Å². The molecule has 0 aliphatic carbocycles. The number of hydrogen-bond acceptors (Lipinski definition) is 5. The molecule has 0 aromatic heterocycles. The van der Waals surface area contributed by atoms with Crippen LogP contribution in [-0.4, -0.2) is 24.3 Å². The Balaban J connectivity index is 1.52. The van der Waals surface area contributed by atoms with Crippen molar-refractivity contribution in [3.05, 3.63) is 101 Å². The van der Waals surface area contributed by atoms with Crippen LogP contribution in [0, 0.1) is 11.3 Å². The molecule has 0 saturated carbocycles. The minimum absolute atomic E-state index is 0.140. The Hall–Kier alpha value is -4.37. The lowest BCUT2D eigenvalue weighted by atomic mass is 9.85. The molecule has 6 heteroatoms. The van der Waals surface area contributed by atoms with E-state index in [1.54, 1.807) is 61.7 Å². The molecule has 3 aromatic rings. The second-order valence-electron chi connectivity index (χ2n) is 8.85. The number of amides is 1. The van der Waals surface area contributed by atoms with Gasteiger partial charge in [0.15, 0.2) is 5.78 Å². The fourth-order valence-corrected chi connectivity index (χ4v) is 3.99. The quantitative estimate of drug-likeness (QED) is 0.422. The smallest absolute Gasteiger partial charge is 0.255 e. The molecular formula is C28H25N3O3. The molecule has 1 aliphatic rings. The zero-order valence-corrected chi connectivity index (χ0v) is 19.3. The predicted octanol–water partition coefficient (Wildman–Crippen LogP) is 4.97. The van der Waals surface area contributed by atoms with Gasteiger partial charge in [0.25, 0.3) is 5.91 Å². The second-order valence-corrected chi connectivity index (χ2v) is 8.85. The SMILES string of the molecule is COc1ccc2c(c1)C(=CC(=O)c1ccc(NC(=O)c3ccc(C#N)cc3)cc1)NC(C)(C)C2. The molecule has 0 fully saturated rings. The molecular weight excluding hydrogens is 426 g/mol. The average molecular weight is 452 g/mol. The number of anilines is 1. The highest BCUT2D eigenvalue weighted by atomic mass is 16.5. The summed E-state index contributed by atoms with van der Waals surface area (Å²) >= 11 is 0. The first-order chi connectivity index (χ1) is 16.3. The molecule has 0 atom stereocenters. The van der Waals surface area contributed by atoms with E-state index in [1.165, 1.54) is 0 Å². The molecule has 6 nitrogen and oxygen atoms in total. The van der Waals surface area contributed by atoms with E-state index in [0.29, 0.717) is 22.4 Å². The molecule has 0 radical (unpaired) electrons. The number of nitrogens with zero attached hydrogens (tertiary/aromatic N) is 1. The molecule has 0 spiro atoms. The van der Waals surface area contributed by atoms with Gasteiger partial charge in [-0.05, 0) is 86.5 Å². The highest BCUT2D eigenvalue weighted by molar-refractivity contribution is 6.09. The van der Waals surface area contributed by atoms with Crippen molar-refractivity contribution < 1.29 is 14.3 Å². The molecule has 2 N–H and O–H groups in total. The maximum absolute atomic E-state index is 13.0.